The van der Waals surface area contributed by atoms with Crippen LogP contribution in [0.5, 0.6) is 0 Å². The fourth-order valence-electron chi connectivity index (χ4n) is 2.98. The van der Waals surface area contributed by atoms with Gasteiger partial charge in [0.1, 0.15) is 57.4 Å². The lowest BCUT2D eigenvalue weighted by atomic mass is 9.88. The number of carbonyl (C=O) groups is 9. The van der Waals surface area contributed by atoms with Gasteiger partial charge < -0.3 is 59.1 Å². The minimum Gasteiger partial charge on any atom is -0.481 e. The molecule has 0 heterocycles. The van der Waals surface area contributed by atoms with E-state index in [2.05, 4.69) is 14.2 Å². The van der Waals surface area contributed by atoms with Gasteiger partial charge in [-0.05, 0) is 6.42 Å². The number of aliphatic carboxylic acids is 6. The van der Waals surface area contributed by atoms with Crippen molar-refractivity contribution in [1.82, 2.24) is 0 Å². The summed E-state index contributed by atoms with van der Waals surface area (Å²) in [6, 6.07) is 0. The molecule has 0 rings (SSSR count). The minimum absolute atomic E-state index is 0.134. The van der Waals surface area contributed by atoms with E-state index in [1.807, 2.05) is 0 Å². The molecule has 3 atom stereocenters. The number of carboxylic acid groups (broad SMARTS) is 6. The maximum absolute atomic E-state index is 12.1. The quantitative estimate of drug-likeness (QED) is 0.0676. The normalized spacial score (nSPS) is 13.8. The highest BCUT2D eigenvalue weighted by molar-refractivity contribution is 5.79. The Morgan fingerprint density at radius 2 is 0.711 bits per heavy atom. The van der Waals surface area contributed by atoms with Crippen LogP contribution in [0.25, 0.3) is 0 Å². The first-order chi connectivity index (χ1) is 20.9. The van der Waals surface area contributed by atoms with Crippen LogP contribution < -0.4 is 0 Å². The Balaban J connectivity index is 5.53. The Kier molecular flexibility index (Phi) is 17.4. The highest BCUT2D eigenvalue weighted by Crippen LogP contribution is 2.25. The Bertz CT molecular complexity index is 965. The molecule has 0 aliphatic carbocycles. The van der Waals surface area contributed by atoms with Crippen LogP contribution in [0.4, 0.5) is 14.4 Å². The second kappa shape index (κ2) is 19.7. The summed E-state index contributed by atoms with van der Waals surface area (Å²) in [4.78, 5) is 102. The van der Waals surface area contributed by atoms with Crippen molar-refractivity contribution in [3.8, 4) is 0 Å². The number of rotatable bonds is 22. The Morgan fingerprint density at radius 3 is 0.889 bits per heavy atom. The van der Waals surface area contributed by atoms with Gasteiger partial charge in [0, 0.05) is 0 Å². The van der Waals surface area contributed by atoms with Gasteiger partial charge in [0.05, 0.1) is 24.7 Å². The van der Waals surface area contributed by atoms with Crippen LogP contribution >= 0.6 is 0 Å². The first-order valence-electron chi connectivity index (χ1n) is 12.6. The molecule has 0 bridgehead atoms. The lowest BCUT2D eigenvalue weighted by molar-refractivity contribution is -0.150. The van der Waals surface area contributed by atoms with Crippen molar-refractivity contribution in [2.24, 2.45) is 23.2 Å². The molecule has 254 valence electrons. The Morgan fingerprint density at radius 1 is 0.467 bits per heavy atom. The SMILES string of the molecule is CCC(COC(=O)OCC(CC(=O)O)C(=O)O)(COC(=O)OCC(CC(=O)O)C(=O)O)COC(=O)OCC(CC(=O)O)C(=O)O. The van der Waals surface area contributed by atoms with Crippen LogP contribution in [0.2, 0.25) is 0 Å². The lowest BCUT2D eigenvalue weighted by Gasteiger charge is -2.30. The molecule has 0 saturated heterocycles. The average molecular weight is 656 g/mol. The third-order valence-corrected chi connectivity index (χ3v) is 5.76. The van der Waals surface area contributed by atoms with Crippen molar-refractivity contribution in [1.29, 1.82) is 0 Å². The summed E-state index contributed by atoms with van der Waals surface area (Å²) in [6.07, 6.45) is -7.33. The third-order valence-electron chi connectivity index (χ3n) is 5.76. The van der Waals surface area contributed by atoms with Crippen LogP contribution in [0, 0.1) is 23.2 Å². The van der Waals surface area contributed by atoms with E-state index < -0.39 is 136 Å². The minimum atomic E-state index is -1.65. The second-order valence-electron chi connectivity index (χ2n) is 9.30. The Hall–Kier alpha value is -5.37. The van der Waals surface area contributed by atoms with Gasteiger partial charge in [0.25, 0.3) is 0 Å². The van der Waals surface area contributed by atoms with Gasteiger partial charge >= 0.3 is 54.3 Å². The monoisotopic (exact) mass is 656 g/mol. The molecule has 0 amide bonds. The lowest BCUT2D eigenvalue weighted by Crippen LogP contribution is -2.40. The summed E-state index contributed by atoms with van der Waals surface area (Å²) in [5, 5.41) is 53.4. The average Bonchev–Trinajstić information content (AvgIpc) is 2.94. The van der Waals surface area contributed by atoms with Crippen LogP contribution in [-0.4, -0.2) is 125 Å². The van der Waals surface area contributed by atoms with Crippen LogP contribution in [-0.2, 0) is 57.2 Å². The molecule has 3 unspecified atom stereocenters. The Labute approximate surface area is 252 Å². The van der Waals surface area contributed by atoms with E-state index in [1.54, 1.807) is 0 Å². The number of carboxylic acids is 6. The molecule has 0 spiro atoms. The number of hydrogen-bond acceptors (Lipinski definition) is 15. The molecule has 0 radical (unpaired) electrons. The highest BCUT2D eigenvalue weighted by Gasteiger charge is 2.36. The van der Waals surface area contributed by atoms with Gasteiger partial charge in [-0.1, -0.05) is 6.92 Å². The zero-order valence-electron chi connectivity index (χ0n) is 23.6. The van der Waals surface area contributed by atoms with Crippen molar-refractivity contribution in [3.05, 3.63) is 0 Å². The standard InChI is InChI=1S/C24H32O21/c1-2-24(9-43-21(37)40-6-12(18(31)32)3-15(25)26,10-44-22(38)41-7-13(19(33)34)4-16(27)28)11-45-23(39)42-8-14(20(35)36)5-17(29)30/h12-14H,2-11H2,1H3,(H,25,26)(H,27,28)(H,29,30)(H,31,32)(H,33,34)(H,35,36). The first-order valence-corrected chi connectivity index (χ1v) is 12.6. The third kappa shape index (κ3) is 17.4. The van der Waals surface area contributed by atoms with Crippen LogP contribution in [0.15, 0.2) is 0 Å². The van der Waals surface area contributed by atoms with E-state index in [0.29, 0.717) is 0 Å². The predicted octanol–water partition coefficient (Wildman–Crippen LogP) is 0.369. The maximum atomic E-state index is 12.1. The topological polar surface area (TPSA) is 330 Å². The van der Waals surface area contributed by atoms with Crippen molar-refractivity contribution in [2.45, 2.75) is 32.6 Å². The summed E-state index contributed by atoms with van der Waals surface area (Å²) in [7, 11) is 0. The molecule has 21 nitrogen and oxygen atoms in total. The van der Waals surface area contributed by atoms with Gasteiger partial charge in [-0.25, -0.2) is 14.4 Å². The zero-order chi connectivity index (χ0) is 34.7. The molecule has 0 aromatic rings. The smallest absolute Gasteiger partial charge is 0.481 e. The van der Waals surface area contributed by atoms with Crippen molar-refractivity contribution in [2.75, 3.05) is 39.6 Å². The molecule has 0 aromatic heterocycles. The van der Waals surface area contributed by atoms with Gasteiger partial charge in [0.15, 0.2) is 0 Å². The molecule has 21 heteroatoms. The molecule has 6 N–H and O–H groups in total. The van der Waals surface area contributed by atoms with E-state index in [1.165, 1.54) is 6.92 Å². The molecule has 0 aliphatic heterocycles. The first kappa shape index (κ1) is 39.6. The highest BCUT2D eigenvalue weighted by atomic mass is 16.7. The molecule has 0 aliphatic rings. The van der Waals surface area contributed by atoms with Gasteiger partial charge in [-0.2, -0.15) is 0 Å². The molecular formula is C24H32O21. The molecule has 45 heavy (non-hydrogen) atoms. The fraction of sp³-hybridized carbons (Fsp3) is 0.625. The van der Waals surface area contributed by atoms with Gasteiger partial charge in [-0.15, -0.1) is 0 Å². The summed E-state index contributed by atoms with van der Waals surface area (Å²) in [6.45, 7) is -3.66. The van der Waals surface area contributed by atoms with E-state index >= 15 is 0 Å². The summed E-state index contributed by atoms with van der Waals surface area (Å²) in [5.41, 5.74) is -1.65. The largest absolute Gasteiger partial charge is 0.508 e. The number of ether oxygens (including phenoxy) is 6. The zero-order valence-corrected chi connectivity index (χ0v) is 23.6. The number of hydrogen-bond donors (Lipinski definition) is 6. The van der Waals surface area contributed by atoms with E-state index in [4.69, 9.17) is 44.8 Å². The summed E-state index contributed by atoms with van der Waals surface area (Å²) >= 11 is 0. The van der Waals surface area contributed by atoms with Crippen LogP contribution in [0.1, 0.15) is 32.6 Å². The predicted molar refractivity (Wildman–Crippen MR) is 135 cm³/mol. The van der Waals surface area contributed by atoms with Crippen LogP contribution in [0.3, 0.4) is 0 Å². The molecule has 0 fully saturated rings. The van der Waals surface area contributed by atoms with E-state index in [0.717, 1.165) is 0 Å². The number of carbonyl (C=O) groups excluding carboxylic acids is 3. The van der Waals surface area contributed by atoms with Gasteiger partial charge in [0.2, 0.25) is 0 Å². The van der Waals surface area contributed by atoms with Crippen molar-refractivity contribution < 1.29 is 102 Å². The summed E-state index contributed by atoms with van der Waals surface area (Å²) < 4.78 is 28.5. The van der Waals surface area contributed by atoms with Crippen molar-refractivity contribution >= 4 is 54.3 Å². The maximum Gasteiger partial charge on any atom is 0.508 e. The molecular weight excluding hydrogens is 624 g/mol. The van der Waals surface area contributed by atoms with E-state index in [9.17, 15) is 43.2 Å². The van der Waals surface area contributed by atoms with E-state index in [-0.39, 0.29) is 6.42 Å². The molecule has 0 saturated carbocycles. The van der Waals surface area contributed by atoms with Crippen molar-refractivity contribution in [3.63, 3.8) is 0 Å². The molecule has 0 aromatic carbocycles. The second-order valence-corrected chi connectivity index (χ2v) is 9.30. The summed E-state index contributed by atoms with van der Waals surface area (Å²) in [5.74, 6) is -14.1. The fourth-order valence-corrected chi connectivity index (χ4v) is 2.98. The van der Waals surface area contributed by atoms with Gasteiger partial charge in [-0.3, -0.25) is 28.8 Å².